The summed E-state index contributed by atoms with van der Waals surface area (Å²) in [6.07, 6.45) is 0. The summed E-state index contributed by atoms with van der Waals surface area (Å²) >= 11 is 4.33. The highest BCUT2D eigenvalue weighted by Gasteiger charge is 2.14. The molecule has 0 aromatic heterocycles. The molecular weight excluding hydrogens is 320 g/mol. The van der Waals surface area contributed by atoms with Gasteiger partial charge in [-0.3, -0.25) is 0 Å². The second-order valence-electron chi connectivity index (χ2n) is 5.93. The van der Waals surface area contributed by atoms with Crippen molar-refractivity contribution in [2.45, 2.75) is 4.90 Å². The van der Waals surface area contributed by atoms with E-state index in [1.165, 1.54) is 5.69 Å². The largest absolute Gasteiger partial charge is 0.369 e. The first kappa shape index (κ1) is 16.7. The Kier molecular flexibility index (Phi) is 5.27. The van der Waals surface area contributed by atoms with E-state index in [2.05, 4.69) is 40.1 Å². The van der Waals surface area contributed by atoms with Crippen molar-refractivity contribution in [3.8, 4) is 0 Å². The summed E-state index contributed by atoms with van der Waals surface area (Å²) in [4.78, 5) is 17.5. The quantitative estimate of drug-likeness (QED) is 0.750. The number of piperazine rings is 1. The van der Waals surface area contributed by atoms with Gasteiger partial charge >= 0.3 is 6.03 Å². The number of amides is 2. The summed E-state index contributed by atoms with van der Waals surface area (Å²) < 4.78 is 0. The predicted octanol–water partition coefficient (Wildman–Crippen LogP) is 3.37. The Morgan fingerprint density at radius 3 is 2.29 bits per heavy atom. The molecule has 0 spiro atoms. The average Bonchev–Trinajstić information content (AvgIpc) is 2.58. The zero-order valence-corrected chi connectivity index (χ0v) is 14.6. The Morgan fingerprint density at radius 2 is 1.62 bits per heavy atom. The van der Waals surface area contributed by atoms with E-state index in [1.807, 2.05) is 48.5 Å². The van der Waals surface area contributed by atoms with Gasteiger partial charge in [-0.1, -0.05) is 12.1 Å². The standard InChI is InChI=1S/C18H22N4OS/c1-21-10-12-22(13-11-21)15-8-6-14(7-9-15)19-18(23)20-16-4-2-3-5-17(16)24/h2-9,24H,10-13H2,1H3,(H2,19,20,23). The molecule has 2 aromatic carbocycles. The molecule has 2 aromatic rings. The van der Waals surface area contributed by atoms with Crippen LogP contribution < -0.4 is 15.5 Å². The molecule has 0 radical (unpaired) electrons. The first-order chi connectivity index (χ1) is 11.6. The smallest absolute Gasteiger partial charge is 0.323 e. The molecule has 0 bridgehead atoms. The molecule has 24 heavy (non-hydrogen) atoms. The zero-order chi connectivity index (χ0) is 16.9. The maximum absolute atomic E-state index is 12.1. The molecule has 0 unspecified atom stereocenters. The normalized spacial score (nSPS) is 15.2. The van der Waals surface area contributed by atoms with Crippen molar-refractivity contribution in [3.63, 3.8) is 0 Å². The maximum Gasteiger partial charge on any atom is 0.323 e. The second kappa shape index (κ2) is 7.59. The summed E-state index contributed by atoms with van der Waals surface area (Å²) in [6.45, 7) is 4.21. The summed E-state index contributed by atoms with van der Waals surface area (Å²) in [5, 5.41) is 5.64. The van der Waals surface area contributed by atoms with Crippen molar-refractivity contribution >= 4 is 35.7 Å². The molecule has 1 fully saturated rings. The summed E-state index contributed by atoms with van der Waals surface area (Å²) in [6, 6.07) is 15.1. The lowest BCUT2D eigenvalue weighted by Gasteiger charge is -2.34. The molecule has 0 atom stereocenters. The van der Waals surface area contributed by atoms with E-state index in [4.69, 9.17) is 0 Å². The Bertz CT molecular complexity index is 696. The van der Waals surface area contributed by atoms with Crippen LogP contribution in [0.1, 0.15) is 0 Å². The molecule has 126 valence electrons. The molecule has 1 heterocycles. The van der Waals surface area contributed by atoms with Crippen molar-refractivity contribution in [2.75, 3.05) is 48.8 Å². The van der Waals surface area contributed by atoms with Crippen LogP contribution >= 0.6 is 12.6 Å². The van der Waals surface area contributed by atoms with Crippen LogP contribution in [-0.2, 0) is 0 Å². The van der Waals surface area contributed by atoms with E-state index in [1.54, 1.807) is 0 Å². The van der Waals surface area contributed by atoms with Gasteiger partial charge in [-0.15, -0.1) is 12.6 Å². The predicted molar refractivity (Wildman–Crippen MR) is 102 cm³/mol. The van der Waals surface area contributed by atoms with E-state index in [-0.39, 0.29) is 6.03 Å². The molecule has 0 aliphatic carbocycles. The molecule has 1 aliphatic rings. The fourth-order valence-electron chi connectivity index (χ4n) is 2.68. The number of hydrogen-bond donors (Lipinski definition) is 3. The van der Waals surface area contributed by atoms with E-state index in [9.17, 15) is 4.79 Å². The molecule has 1 aliphatic heterocycles. The fourth-order valence-corrected chi connectivity index (χ4v) is 2.90. The van der Waals surface area contributed by atoms with Gasteiger partial charge in [0.2, 0.25) is 0 Å². The number of anilines is 3. The Morgan fingerprint density at radius 1 is 0.958 bits per heavy atom. The lowest BCUT2D eigenvalue weighted by Crippen LogP contribution is -2.44. The third-order valence-electron chi connectivity index (χ3n) is 4.15. The Balaban J connectivity index is 1.58. The van der Waals surface area contributed by atoms with Gasteiger partial charge in [-0.05, 0) is 43.4 Å². The van der Waals surface area contributed by atoms with Gasteiger partial charge in [0.05, 0.1) is 5.69 Å². The molecule has 0 saturated carbocycles. The van der Waals surface area contributed by atoms with Crippen molar-refractivity contribution in [2.24, 2.45) is 0 Å². The Hall–Kier alpha value is -2.18. The average molecular weight is 342 g/mol. The summed E-state index contributed by atoms with van der Waals surface area (Å²) in [5.41, 5.74) is 2.64. The van der Waals surface area contributed by atoms with Gasteiger partial charge in [0, 0.05) is 42.4 Å². The number of rotatable bonds is 3. The number of nitrogens with zero attached hydrogens (tertiary/aromatic N) is 2. The number of carbonyl (C=O) groups is 1. The van der Waals surface area contributed by atoms with E-state index >= 15 is 0 Å². The lowest BCUT2D eigenvalue weighted by molar-refractivity contribution is 0.262. The number of carbonyl (C=O) groups excluding carboxylic acids is 1. The zero-order valence-electron chi connectivity index (χ0n) is 13.7. The van der Waals surface area contributed by atoms with E-state index < -0.39 is 0 Å². The van der Waals surface area contributed by atoms with Gasteiger partial charge in [0.15, 0.2) is 0 Å². The van der Waals surface area contributed by atoms with Crippen LogP contribution in [0.3, 0.4) is 0 Å². The van der Waals surface area contributed by atoms with Crippen LogP contribution in [0.5, 0.6) is 0 Å². The van der Waals surface area contributed by atoms with Crippen LogP contribution in [-0.4, -0.2) is 44.2 Å². The number of likely N-dealkylation sites (N-methyl/N-ethyl adjacent to an activating group) is 1. The highest BCUT2D eigenvalue weighted by molar-refractivity contribution is 7.80. The van der Waals surface area contributed by atoms with E-state index in [0.717, 1.165) is 36.8 Å². The third-order valence-corrected chi connectivity index (χ3v) is 4.54. The van der Waals surface area contributed by atoms with Crippen molar-refractivity contribution < 1.29 is 4.79 Å². The van der Waals surface area contributed by atoms with Crippen LogP contribution in [0.25, 0.3) is 0 Å². The minimum atomic E-state index is -0.274. The number of para-hydroxylation sites is 1. The second-order valence-corrected chi connectivity index (χ2v) is 6.42. The number of hydrogen-bond acceptors (Lipinski definition) is 4. The van der Waals surface area contributed by atoms with Gasteiger partial charge in [-0.25, -0.2) is 4.79 Å². The summed E-state index contributed by atoms with van der Waals surface area (Å²) in [7, 11) is 2.14. The van der Waals surface area contributed by atoms with Gasteiger partial charge in [0.25, 0.3) is 0 Å². The van der Waals surface area contributed by atoms with Gasteiger partial charge in [0.1, 0.15) is 0 Å². The molecule has 2 amide bonds. The molecule has 2 N–H and O–H groups in total. The number of nitrogens with one attached hydrogen (secondary N) is 2. The van der Waals surface area contributed by atoms with Crippen LogP contribution in [0.15, 0.2) is 53.4 Å². The molecule has 3 rings (SSSR count). The topological polar surface area (TPSA) is 47.6 Å². The highest BCUT2D eigenvalue weighted by Crippen LogP contribution is 2.21. The number of benzene rings is 2. The van der Waals surface area contributed by atoms with E-state index in [0.29, 0.717) is 5.69 Å². The van der Waals surface area contributed by atoms with Crippen molar-refractivity contribution in [1.29, 1.82) is 0 Å². The SMILES string of the molecule is CN1CCN(c2ccc(NC(=O)Nc3ccccc3S)cc2)CC1. The Labute approximate surface area is 148 Å². The third kappa shape index (κ3) is 4.21. The van der Waals surface area contributed by atoms with Crippen LogP contribution in [0.4, 0.5) is 21.9 Å². The number of urea groups is 1. The molecule has 1 saturated heterocycles. The van der Waals surface area contributed by atoms with Gasteiger partial charge < -0.3 is 20.4 Å². The first-order valence-electron chi connectivity index (χ1n) is 8.01. The maximum atomic E-state index is 12.1. The lowest BCUT2D eigenvalue weighted by atomic mass is 10.2. The molecular formula is C18H22N4OS. The van der Waals surface area contributed by atoms with Crippen molar-refractivity contribution in [1.82, 2.24) is 4.90 Å². The minimum absolute atomic E-state index is 0.274. The molecule has 6 heteroatoms. The first-order valence-corrected chi connectivity index (χ1v) is 8.46. The van der Waals surface area contributed by atoms with Gasteiger partial charge in [-0.2, -0.15) is 0 Å². The van der Waals surface area contributed by atoms with Crippen LogP contribution in [0.2, 0.25) is 0 Å². The van der Waals surface area contributed by atoms with Crippen LogP contribution in [0, 0.1) is 0 Å². The minimum Gasteiger partial charge on any atom is -0.369 e. The number of thiol groups is 1. The highest BCUT2D eigenvalue weighted by atomic mass is 32.1. The van der Waals surface area contributed by atoms with Crippen molar-refractivity contribution in [3.05, 3.63) is 48.5 Å². The monoisotopic (exact) mass is 342 g/mol. The molecule has 5 nitrogen and oxygen atoms in total. The summed E-state index contributed by atoms with van der Waals surface area (Å²) in [5.74, 6) is 0. The fraction of sp³-hybridized carbons (Fsp3) is 0.278.